The van der Waals surface area contributed by atoms with Crippen LogP contribution in [-0.4, -0.2) is 122 Å². The molecular weight excluding hydrogens is 1080 g/mol. The molecule has 0 aliphatic rings. The maximum absolute atomic E-state index is 14.1. The first-order valence-corrected chi connectivity index (χ1v) is 33.7. The Balaban J connectivity index is -0.0000281. The molecule has 0 rings (SSSR count). The Morgan fingerprint density at radius 2 is 0.821 bits per heavy atom. The fourth-order valence-electron chi connectivity index (χ4n) is 8.49. The average molecular weight is 1190 g/mol. The zero-order valence-corrected chi connectivity index (χ0v) is 55.5. The van der Waals surface area contributed by atoms with Gasteiger partial charge in [0, 0.05) is 50.3 Å². The Morgan fingerprint density at radius 3 is 1.24 bits per heavy atom. The smallest absolute Gasteiger partial charge is 0.748 e. The molecule has 0 radical (unpaired) electrons. The van der Waals surface area contributed by atoms with Crippen molar-refractivity contribution in [3.8, 4) is 0 Å². The van der Waals surface area contributed by atoms with Gasteiger partial charge in [0.25, 0.3) is 0 Å². The number of nitrogens with one attached hydrogen (secondary N) is 4. The second-order valence-corrected chi connectivity index (χ2v) is 24.5. The Labute approximate surface area is 520 Å². The molecular formula is C55H102N4Na2O14S3. The molecule has 0 fully saturated rings. The predicted molar refractivity (Wildman–Crippen MR) is 300 cm³/mol. The normalized spacial score (nSPS) is 12.5. The number of unbranched alkanes of at least 4 members (excludes halogenated alkanes) is 28. The Bertz CT molecular complexity index is 1770. The van der Waals surface area contributed by atoms with E-state index in [0.29, 0.717) is 19.3 Å². The second-order valence-electron chi connectivity index (χ2n) is 20.4. The number of esters is 2. The summed E-state index contributed by atoms with van der Waals surface area (Å²) in [5, 5.41) is 9.84. The van der Waals surface area contributed by atoms with Crippen molar-refractivity contribution in [1.82, 2.24) is 21.3 Å². The minimum Gasteiger partial charge on any atom is -0.748 e. The zero-order chi connectivity index (χ0) is 56.6. The van der Waals surface area contributed by atoms with E-state index in [1.54, 1.807) is 0 Å². The number of ether oxygens (including phenoxy) is 2. The monoisotopic (exact) mass is 1180 g/mol. The first kappa shape index (κ1) is 81.2. The third-order valence-electron chi connectivity index (χ3n) is 13.1. The van der Waals surface area contributed by atoms with Gasteiger partial charge >= 0.3 is 71.1 Å². The molecule has 0 heterocycles. The van der Waals surface area contributed by atoms with Crippen molar-refractivity contribution >= 4 is 67.6 Å². The van der Waals surface area contributed by atoms with Crippen LogP contribution in [0.15, 0.2) is 0 Å². The van der Waals surface area contributed by atoms with Crippen molar-refractivity contribution < 1.29 is 123 Å². The molecule has 0 bridgehead atoms. The quantitative estimate of drug-likeness (QED) is 0.0293. The number of rotatable bonds is 54. The molecule has 0 aromatic carbocycles. The van der Waals surface area contributed by atoms with Crippen LogP contribution < -0.4 is 80.4 Å². The molecule has 0 spiro atoms. The van der Waals surface area contributed by atoms with Crippen molar-refractivity contribution in [2.75, 3.05) is 42.7 Å². The van der Waals surface area contributed by atoms with E-state index in [-0.39, 0.29) is 103 Å². The van der Waals surface area contributed by atoms with Gasteiger partial charge in [0.1, 0.15) is 24.8 Å². The van der Waals surface area contributed by atoms with E-state index >= 15 is 0 Å². The van der Waals surface area contributed by atoms with E-state index in [2.05, 4.69) is 42.0 Å². The minimum absolute atomic E-state index is 0. The molecule has 23 heteroatoms. The summed E-state index contributed by atoms with van der Waals surface area (Å²) in [6.45, 7) is 5.29. The summed E-state index contributed by atoms with van der Waals surface area (Å²) in [5.41, 5.74) is 0. The van der Waals surface area contributed by atoms with Gasteiger partial charge in [-0.1, -0.05) is 201 Å². The summed E-state index contributed by atoms with van der Waals surface area (Å²) in [6, 6.07) is -2.75. The minimum atomic E-state index is -4.72. The van der Waals surface area contributed by atoms with Crippen LogP contribution in [0.25, 0.3) is 0 Å². The summed E-state index contributed by atoms with van der Waals surface area (Å²) in [6.07, 6.45) is 32.8. The molecule has 0 saturated carbocycles. The van der Waals surface area contributed by atoms with E-state index in [1.165, 1.54) is 109 Å². The fourth-order valence-corrected chi connectivity index (χ4v) is 10.2. The summed E-state index contributed by atoms with van der Waals surface area (Å²) >= 11 is 1.15. The molecule has 446 valence electrons. The van der Waals surface area contributed by atoms with Crippen molar-refractivity contribution in [2.24, 2.45) is 0 Å². The van der Waals surface area contributed by atoms with Gasteiger partial charge in [-0.2, -0.15) is 11.8 Å². The standard InChI is InChI=1S/C55H104N4O14S3.2Na/c1-4-7-10-13-16-19-20-21-22-25-26-29-32-35-51(61)58-49(55(65)59-48(54(64)57-41-43-76(69,70)71)38-39-50(60)56-40-42-75(66,67)68)46-74-45-47(73-53(63)37-34-31-28-24-18-15-12-9-6-3)44-72-52(62)36-33-30-27-23-17-14-11-8-5-2;;/h47-49H,4-46H2,1-3H3,(H,56,60)(H,57,64)(H,58,61)(H,59,65)(H,66,67,68)(H,69,70,71);;/q;2*+1/p-2/t47?,48-,49-;;/m0../s1. The molecule has 0 aromatic rings. The van der Waals surface area contributed by atoms with Crippen molar-refractivity contribution in [1.29, 1.82) is 0 Å². The van der Waals surface area contributed by atoms with Gasteiger partial charge in [0.2, 0.25) is 23.6 Å². The van der Waals surface area contributed by atoms with Crippen LogP contribution in [0, 0.1) is 0 Å². The van der Waals surface area contributed by atoms with Gasteiger partial charge in [-0.15, -0.1) is 0 Å². The number of amides is 4. The molecule has 0 aliphatic carbocycles. The molecule has 0 aromatic heterocycles. The van der Waals surface area contributed by atoms with E-state index in [0.717, 1.165) is 82.4 Å². The van der Waals surface area contributed by atoms with Gasteiger partial charge in [-0.25, -0.2) is 16.8 Å². The van der Waals surface area contributed by atoms with Crippen molar-refractivity contribution in [3.05, 3.63) is 0 Å². The van der Waals surface area contributed by atoms with Crippen molar-refractivity contribution in [3.63, 3.8) is 0 Å². The van der Waals surface area contributed by atoms with Crippen LogP contribution in [0.2, 0.25) is 0 Å². The maximum Gasteiger partial charge on any atom is 1.00 e. The third-order valence-corrected chi connectivity index (χ3v) is 15.6. The van der Waals surface area contributed by atoms with Gasteiger partial charge < -0.3 is 39.8 Å². The number of carbonyl (C=O) groups excluding carboxylic acids is 6. The maximum atomic E-state index is 14.1. The predicted octanol–water partition coefficient (Wildman–Crippen LogP) is 3.58. The Morgan fingerprint density at radius 1 is 0.436 bits per heavy atom. The summed E-state index contributed by atoms with van der Waals surface area (Å²) in [5.74, 6) is -5.60. The molecule has 0 aliphatic heterocycles. The number of carbonyl (C=O) groups is 6. The molecule has 1 unspecified atom stereocenters. The van der Waals surface area contributed by atoms with E-state index in [9.17, 15) is 54.7 Å². The third kappa shape index (κ3) is 55.5. The molecule has 78 heavy (non-hydrogen) atoms. The first-order valence-electron chi connectivity index (χ1n) is 29.3. The molecule has 18 nitrogen and oxygen atoms in total. The summed E-state index contributed by atoms with van der Waals surface area (Å²) in [4.78, 5) is 79.4. The Hall–Kier alpha value is -1.01. The van der Waals surface area contributed by atoms with Crippen LogP contribution in [0.1, 0.15) is 252 Å². The van der Waals surface area contributed by atoms with Crippen LogP contribution in [0.3, 0.4) is 0 Å². The number of thioether (sulfide) groups is 1. The number of hydrogen-bond acceptors (Lipinski definition) is 15. The van der Waals surface area contributed by atoms with E-state index < -0.39 is 105 Å². The van der Waals surface area contributed by atoms with Crippen LogP contribution in [0.4, 0.5) is 0 Å². The first-order chi connectivity index (χ1) is 36.4. The topological polar surface area (TPSA) is 283 Å². The largest absolute Gasteiger partial charge is 1.00 e. The SMILES string of the molecule is CCCCCCCCCCCCCCCC(=O)N[C@@H](CSCC(COC(=O)CCCCCCCCCCC)OC(=O)CCCCCCCCCCC)C(=O)N[C@@H](CCC(=O)NCCS(=O)(=O)[O-])C(=O)NCCS(=O)(=O)[O-].[Na+].[Na+]. The van der Waals surface area contributed by atoms with Gasteiger partial charge in [-0.3, -0.25) is 28.8 Å². The Kier molecular flexibility index (Phi) is 57.5. The molecule has 4 amide bonds. The zero-order valence-electron chi connectivity index (χ0n) is 49.1. The summed E-state index contributed by atoms with van der Waals surface area (Å²) in [7, 11) is -9.35. The molecule has 3 atom stereocenters. The van der Waals surface area contributed by atoms with Crippen LogP contribution in [-0.2, 0) is 58.5 Å². The van der Waals surface area contributed by atoms with Crippen LogP contribution >= 0.6 is 11.8 Å². The van der Waals surface area contributed by atoms with Gasteiger partial charge in [0.05, 0.1) is 31.7 Å². The fraction of sp³-hybridized carbons (Fsp3) is 0.891. The average Bonchev–Trinajstić information content (AvgIpc) is 3.35. The van der Waals surface area contributed by atoms with Gasteiger partial charge in [0.15, 0.2) is 0 Å². The van der Waals surface area contributed by atoms with E-state index in [1.807, 2.05) is 0 Å². The van der Waals surface area contributed by atoms with E-state index in [4.69, 9.17) is 9.47 Å². The molecule has 0 saturated heterocycles. The van der Waals surface area contributed by atoms with Crippen LogP contribution in [0.5, 0.6) is 0 Å². The second kappa shape index (κ2) is 55.2. The number of hydrogen-bond donors (Lipinski definition) is 4. The van der Waals surface area contributed by atoms with Crippen molar-refractivity contribution in [2.45, 2.75) is 270 Å². The molecule has 4 N–H and O–H groups in total. The summed E-state index contributed by atoms with van der Waals surface area (Å²) < 4.78 is 78.3. The van der Waals surface area contributed by atoms with Gasteiger partial charge in [-0.05, 0) is 25.7 Å².